The number of hydrogen-bond donors (Lipinski definition) is 0. The average Bonchev–Trinajstić information content (AvgIpc) is 3.27. The van der Waals surface area contributed by atoms with Gasteiger partial charge in [0.1, 0.15) is 0 Å². The van der Waals surface area contributed by atoms with Crippen molar-refractivity contribution in [3.8, 4) is 0 Å². The Kier molecular flexibility index (Phi) is 3.61. The van der Waals surface area contributed by atoms with Crippen LogP contribution in [0.3, 0.4) is 0 Å². The molecule has 1 aliphatic rings. The van der Waals surface area contributed by atoms with Crippen molar-refractivity contribution in [3.63, 3.8) is 0 Å². The maximum Gasteiger partial charge on any atom is 0.0726 e. The summed E-state index contributed by atoms with van der Waals surface area (Å²) < 4.78 is 0. The second kappa shape index (κ2) is 5.38. The van der Waals surface area contributed by atoms with Crippen LogP contribution in [0.1, 0.15) is 25.5 Å². The van der Waals surface area contributed by atoms with Gasteiger partial charge in [-0.2, -0.15) is 0 Å². The van der Waals surface area contributed by atoms with Crippen LogP contribution in [0, 0.1) is 5.92 Å². The minimum absolute atomic E-state index is 0.471. The summed E-state index contributed by atoms with van der Waals surface area (Å²) >= 11 is 5.98. The largest absolute Gasteiger partial charge is 0.371 e. The summed E-state index contributed by atoms with van der Waals surface area (Å²) in [6.45, 7) is 4.41. The molecule has 0 unspecified atom stereocenters. The van der Waals surface area contributed by atoms with Crippen LogP contribution in [-0.2, 0) is 5.88 Å². The van der Waals surface area contributed by atoms with Crippen LogP contribution in [0.5, 0.6) is 0 Å². The molecule has 0 saturated heterocycles. The van der Waals surface area contributed by atoms with E-state index in [9.17, 15) is 0 Å². The Labute approximate surface area is 119 Å². The van der Waals surface area contributed by atoms with Gasteiger partial charge in [0.05, 0.1) is 17.1 Å². The van der Waals surface area contributed by atoms with Crippen LogP contribution in [-0.4, -0.2) is 18.1 Å². The first-order valence-corrected chi connectivity index (χ1v) is 7.55. The van der Waals surface area contributed by atoms with Crippen LogP contribution < -0.4 is 4.90 Å². The third-order valence-electron chi connectivity index (χ3n) is 3.78. The van der Waals surface area contributed by atoms with Crippen molar-refractivity contribution < 1.29 is 0 Å². The number of halogens is 1. The van der Waals surface area contributed by atoms with Crippen LogP contribution >= 0.6 is 11.6 Å². The van der Waals surface area contributed by atoms with Crippen LogP contribution in [0.25, 0.3) is 10.9 Å². The highest BCUT2D eigenvalue weighted by Crippen LogP contribution is 2.34. The molecule has 1 aromatic carbocycles. The first-order valence-electron chi connectivity index (χ1n) is 7.01. The summed E-state index contributed by atoms with van der Waals surface area (Å²) in [5.41, 5.74) is 3.30. The Morgan fingerprint density at radius 3 is 2.79 bits per heavy atom. The lowest BCUT2D eigenvalue weighted by atomic mass is 10.1. The maximum atomic E-state index is 5.98. The summed E-state index contributed by atoms with van der Waals surface area (Å²) in [6, 6.07) is 10.5. The van der Waals surface area contributed by atoms with Crippen LogP contribution in [0.2, 0.25) is 0 Å². The van der Waals surface area contributed by atoms with E-state index in [4.69, 9.17) is 11.6 Å². The normalized spacial score (nSPS) is 14.8. The molecule has 100 valence electrons. The molecule has 0 radical (unpaired) electrons. The van der Waals surface area contributed by atoms with E-state index in [1.54, 1.807) is 0 Å². The minimum atomic E-state index is 0.471. The number of hydrogen-bond acceptors (Lipinski definition) is 2. The van der Waals surface area contributed by atoms with Crippen molar-refractivity contribution >= 4 is 28.2 Å². The van der Waals surface area contributed by atoms with Gasteiger partial charge in [-0.25, -0.2) is 0 Å². The van der Waals surface area contributed by atoms with Gasteiger partial charge < -0.3 is 4.90 Å². The molecule has 1 heterocycles. The maximum absolute atomic E-state index is 5.98. The Hall–Kier alpha value is -1.28. The Bertz CT molecular complexity index is 578. The lowest BCUT2D eigenvalue weighted by molar-refractivity contribution is 0.743. The number of pyridine rings is 1. The van der Waals surface area contributed by atoms with Gasteiger partial charge >= 0.3 is 0 Å². The first-order chi connectivity index (χ1) is 9.31. The number of fused-ring (bicyclic) bond motifs is 1. The molecule has 1 aromatic heterocycles. The van der Waals surface area contributed by atoms with Crippen LogP contribution in [0.15, 0.2) is 30.3 Å². The number of benzene rings is 1. The molecule has 0 amide bonds. The van der Waals surface area contributed by atoms with E-state index >= 15 is 0 Å². The molecule has 0 bridgehead atoms. The minimum Gasteiger partial charge on any atom is -0.371 e. The summed E-state index contributed by atoms with van der Waals surface area (Å²) in [6.07, 6.45) is 2.75. The fourth-order valence-corrected chi connectivity index (χ4v) is 2.69. The fourth-order valence-electron chi connectivity index (χ4n) is 2.55. The number of rotatable bonds is 5. The summed E-state index contributed by atoms with van der Waals surface area (Å²) in [4.78, 5) is 7.08. The smallest absolute Gasteiger partial charge is 0.0726 e. The topological polar surface area (TPSA) is 16.1 Å². The molecule has 0 spiro atoms. The highest BCUT2D eigenvalue weighted by atomic mass is 35.5. The number of alkyl halides is 1. The second-order valence-corrected chi connectivity index (χ2v) is 5.53. The molecular weight excluding hydrogens is 256 g/mol. The van der Waals surface area contributed by atoms with E-state index in [-0.39, 0.29) is 0 Å². The van der Waals surface area contributed by atoms with Gasteiger partial charge in [0.15, 0.2) is 0 Å². The van der Waals surface area contributed by atoms with E-state index in [0.29, 0.717) is 5.88 Å². The number of nitrogens with zero attached hydrogens (tertiary/aromatic N) is 2. The quantitative estimate of drug-likeness (QED) is 0.759. The Morgan fingerprint density at radius 2 is 2.11 bits per heavy atom. The summed E-state index contributed by atoms with van der Waals surface area (Å²) in [5, 5.41) is 1.24. The van der Waals surface area contributed by atoms with Gasteiger partial charge in [-0.05, 0) is 37.8 Å². The highest BCUT2D eigenvalue weighted by molar-refractivity contribution is 6.17. The highest BCUT2D eigenvalue weighted by Gasteiger charge is 2.24. The fraction of sp³-hybridized carbons (Fsp3) is 0.438. The molecule has 1 aliphatic carbocycles. The molecule has 1 fully saturated rings. The third kappa shape index (κ3) is 2.69. The Balaban J connectivity index is 2.07. The van der Waals surface area contributed by atoms with Gasteiger partial charge in [0.2, 0.25) is 0 Å². The standard InChI is InChI=1S/C16H19ClN2/c1-2-19(11-12-7-8-12)16-9-13(10-17)18-15-6-4-3-5-14(15)16/h3-6,9,12H,2,7-8,10-11H2,1H3. The van der Waals surface area contributed by atoms with Gasteiger partial charge in [-0.15, -0.1) is 11.6 Å². The van der Waals surface area contributed by atoms with Crippen molar-refractivity contribution in [2.75, 3.05) is 18.0 Å². The molecule has 3 heteroatoms. The number of para-hydroxylation sites is 1. The molecule has 0 atom stereocenters. The van der Waals surface area contributed by atoms with Crippen LogP contribution in [0.4, 0.5) is 5.69 Å². The van der Waals surface area contributed by atoms with E-state index in [2.05, 4.69) is 41.1 Å². The summed E-state index contributed by atoms with van der Waals surface area (Å²) in [5.74, 6) is 1.35. The molecular formula is C16H19ClN2. The molecule has 3 rings (SSSR count). The lowest BCUT2D eigenvalue weighted by Crippen LogP contribution is -2.25. The monoisotopic (exact) mass is 274 g/mol. The first kappa shape index (κ1) is 12.7. The molecule has 2 nitrogen and oxygen atoms in total. The third-order valence-corrected chi connectivity index (χ3v) is 4.06. The second-order valence-electron chi connectivity index (χ2n) is 5.27. The van der Waals surface area contributed by atoms with Gasteiger partial charge in [0, 0.05) is 24.2 Å². The lowest BCUT2D eigenvalue weighted by Gasteiger charge is -2.25. The van der Waals surface area contributed by atoms with E-state index in [1.807, 2.05) is 6.07 Å². The molecule has 1 saturated carbocycles. The van der Waals surface area contributed by atoms with Crippen molar-refractivity contribution in [3.05, 3.63) is 36.0 Å². The molecule has 0 aliphatic heterocycles. The van der Waals surface area contributed by atoms with E-state index in [1.165, 1.54) is 23.9 Å². The van der Waals surface area contributed by atoms with E-state index < -0.39 is 0 Å². The van der Waals surface area contributed by atoms with E-state index in [0.717, 1.165) is 30.2 Å². The van der Waals surface area contributed by atoms with Gasteiger partial charge in [0.25, 0.3) is 0 Å². The van der Waals surface area contributed by atoms with Crippen molar-refractivity contribution in [2.24, 2.45) is 5.92 Å². The zero-order chi connectivity index (χ0) is 13.2. The molecule has 19 heavy (non-hydrogen) atoms. The molecule has 2 aromatic rings. The van der Waals surface area contributed by atoms with Gasteiger partial charge in [-0.3, -0.25) is 4.98 Å². The predicted molar refractivity (Wildman–Crippen MR) is 81.9 cm³/mol. The summed E-state index contributed by atoms with van der Waals surface area (Å²) in [7, 11) is 0. The van der Waals surface area contributed by atoms with Crippen molar-refractivity contribution in [2.45, 2.75) is 25.6 Å². The zero-order valence-corrected chi connectivity index (χ0v) is 12.0. The zero-order valence-electron chi connectivity index (χ0n) is 11.3. The predicted octanol–water partition coefficient (Wildman–Crippen LogP) is 4.21. The average molecular weight is 275 g/mol. The SMILES string of the molecule is CCN(CC1CC1)c1cc(CCl)nc2ccccc12. The number of aromatic nitrogens is 1. The van der Waals surface area contributed by atoms with Crippen molar-refractivity contribution in [1.82, 2.24) is 4.98 Å². The van der Waals surface area contributed by atoms with Gasteiger partial charge in [-0.1, -0.05) is 18.2 Å². The van der Waals surface area contributed by atoms with Crippen molar-refractivity contribution in [1.29, 1.82) is 0 Å². The molecule has 0 N–H and O–H groups in total. The number of anilines is 1. The Morgan fingerprint density at radius 1 is 1.32 bits per heavy atom.